The number of amides is 3. The fourth-order valence-electron chi connectivity index (χ4n) is 8.26. The van der Waals surface area contributed by atoms with E-state index in [9.17, 15) is 28.8 Å². The third kappa shape index (κ3) is 11.4. The van der Waals surface area contributed by atoms with Gasteiger partial charge < -0.3 is 14.7 Å². The highest BCUT2D eigenvalue weighted by molar-refractivity contribution is 5.90. The van der Waals surface area contributed by atoms with Crippen LogP contribution in [0.4, 0.5) is 14.4 Å². The standard InChI is InChI=1S/C21H23N3O2.C19H19N3O2.C17H15N3O2.CH4/c1-14(2)23(15(3)4)21(26)24-19(16-10-6-5-7-11-16)22-18-13-9-8-12-17(18)20(24)25;1-3-21(4-2)19(24)22-17(14-10-6-5-7-11-14)20-16-13-9-8-12-15(16)18(22)23;1-19(2)17(22)20-15(12-8-4-3-5-9-12)18-14-11-7-6-10-13(14)16(20)21;/h5-15H,1-4H3;5-13H,3-4H2,1-2H3;3-11H,1-2H3;1H4. The van der Waals surface area contributed by atoms with Gasteiger partial charge in [-0.2, -0.15) is 0 Å². The Morgan fingerprint density at radius 1 is 0.425 bits per heavy atom. The molecule has 0 aliphatic rings. The van der Waals surface area contributed by atoms with Crippen molar-refractivity contribution in [2.75, 3.05) is 27.2 Å². The summed E-state index contributed by atoms with van der Waals surface area (Å²) in [5.41, 5.74) is 2.91. The number of nitrogens with zero attached hydrogens (tertiary/aromatic N) is 9. The second-order valence-corrected chi connectivity index (χ2v) is 17.4. The van der Waals surface area contributed by atoms with Gasteiger partial charge in [0.15, 0.2) is 17.5 Å². The normalized spacial score (nSPS) is 10.8. The zero-order chi connectivity index (χ0) is 51.6. The molecule has 0 atom stereocenters. The Morgan fingerprint density at radius 3 is 0.986 bits per heavy atom. The van der Waals surface area contributed by atoms with Crippen LogP contribution in [0.2, 0.25) is 0 Å². The van der Waals surface area contributed by atoms with Crippen molar-refractivity contribution in [2.45, 2.75) is 61.1 Å². The molecule has 3 heterocycles. The zero-order valence-electron chi connectivity index (χ0n) is 41.6. The number of fused-ring (bicyclic) bond motifs is 3. The third-order valence-corrected chi connectivity index (χ3v) is 11.7. The van der Waals surface area contributed by atoms with E-state index in [-0.39, 0.29) is 48.3 Å². The van der Waals surface area contributed by atoms with Crippen molar-refractivity contribution >= 4 is 50.8 Å². The molecule has 0 fully saturated rings. The maximum absolute atomic E-state index is 13.3. The summed E-state index contributed by atoms with van der Waals surface area (Å²) in [6, 6.07) is 48.0. The Balaban J connectivity index is 0.000000178. The van der Waals surface area contributed by atoms with Crippen molar-refractivity contribution in [3.8, 4) is 34.2 Å². The lowest BCUT2D eigenvalue weighted by Gasteiger charge is -2.31. The number of benzene rings is 6. The first-order valence-corrected chi connectivity index (χ1v) is 23.7. The summed E-state index contributed by atoms with van der Waals surface area (Å²) in [6.45, 7) is 12.6. The molecule has 0 aliphatic carbocycles. The van der Waals surface area contributed by atoms with E-state index in [1.165, 1.54) is 14.0 Å². The smallest absolute Gasteiger partial charge is 0.330 e. The monoisotopic (exact) mass is 979 g/mol. The van der Waals surface area contributed by atoms with Crippen LogP contribution in [0.5, 0.6) is 0 Å². The molecule has 9 rings (SSSR count). The minimum atomic E-state index is -0.415. The highest BCUT2D eigenvalue weighted by Gasteiger charge is 2.27. The van der Waals surface area contributed by atoms with E-state index in [0.29, 0.717) is 63.3 Å². The van der Waals surface area contributed by atoms with Crippen LogP contribution >= 0.6 is 0 Å². The van der Waals surface area contributed by atoms with Gasteiger partial charge in [0.05, 0.1) is 32.7 Å². The van der Waals surface area contributed by atoms with Crippen LogP contribution in [0.15, 0.2) is 178 Å². The molecule has 73 heavy (non-hydrogen) atoms. The Bertz CT molecular complexity index is 3560. The fourth-order valence-corrected chi connectivity index (χ4v) is 8.26. The molecular formula is C58H61N9O6. The topological polar surface area (TPSA) is 166 Å². The molecule has 374 valence electrons. The predicted molar refractivity (Wildman–Crippen MR) is 292 cm³/mol. The van der Waals surface area contributed by atoms with Crippen molar-refractivity contribution in [1.29, 1.82) is 0 Å². The lowest BCUT2D eigenvalue weighted by atomic mass is 10.1. The fraction of sp³-hybridized carbons (Fsp3) is 0.224. The number of hydrogen-bond acceptors (Lipinski definition) is 9. The van der Waals surface area contributed by atoms with Gasteiger partial charge in [0.1, 0.15) is 0 Å². The van der Waals surface area contributed by atoms with E-state index < -0.39 is 6.03 Å². The van der Waals surface area contributed by atoms with E-state index >= 15 is 0 Å². The van der Waals surface area contributed by atoms with Crippen LogP contribution < -0.4 is 16.7 Å². The summed E-state index contributed by atoms with van der Waals surface area (Å²) in [4.78, 5) is 96.1. The first-order valence-electron chi connectivity index (χ1n) is 23.7. The van der Waals surface area contributed by atoms with Gasteiger partial charge in [-0.3, -0.25) is 14.4 Å². The SMILES string of the molecule is C.CC(C)N(C(=O)n1c(-c2ccccc2)nc2ccccc2c1=O)C(C)C.CCN(CC)C(=O)n1c(-c2ccccc2)nc2ccccc2c1=O.CN(C)C(=O)n1c(-c2ccccc2)nc2ccccc2c1=O. The third-order valence-electron chi connectivity index (χ3n) is 11.7. The molecule has 0 saturated heterocycles. The predicted octanol–water partition coefficient (Wildman–Crippen LogP) is 10.8. The molecule has 0 N–H and O–H groups in total. The van der Waals surface area contributed by atoms with Crippen LogP contribution in [0, 0.1) is 0 Å². The number of carbonyl (C=O) groups excluding carboxylic acids is 3. The molecule has 15 heteroatoms. The average molecular weight is 980 g/mol. The molecule has 3 aromatic heterocycles. The first-order chi connectivity index (χ1) is 34.7. The molecule has 0 radical (unpaired) electrons. The number of para-hydroxylation sites is 3. The minimum Gasteiger partial charge on any atom is -0.330 e. The summed E-state index contributed by atoms with van der Waals surface area (Å²) in [7, 11) is 3.22. The highest BCUT2D eigenvalue weighted by Crippen LogP contribution is 2.23. The first kappa shape index (κ1) is 53.5. The molecule has 6 aromatic carbocycles. The van der Waals surface area contributed by atoms with Crippen LogP contribution in [-0.2, 0) is 0 Å². The number of aromatic nitrogens is 6. The van der Waals surface area contributed by atoms with Crippen LogP contribution in [0.25, 0.3) is 66.9 Å². The van der Waals surface area contributed by atoms with E-state index in [2.05, 4.69) is 15.0 Å². The van der Waals surface area contributed by atoms with Gasteiger partial charge in [-0.25, -0.2) is 43.0 Å². The summed E-state index contributed by atoms with van der Waals surface area (Å²) < 4.78 is 3.51. The molecule has 0 spiro atoms. The Hall–Kier alpha value is -8.85. The largest absolute Gasteiger partial charge is 0.333 e. The van der Waals surface area contributed by atoms with Crippen LogP contribution in [0.3, 0.4) is 0 Å². The lowest BCUT2D eigenvalue weighted by molar-refractivity contribution is 0.166. The van der Waals surface area contributed by atoms with E-state index in [1.807, 2.05) is 151 Å². The summed E-state index contributed by atoms with van der Waals surface area (Å²) >= 11 is 0. The number of rotatable bonds is 7. The van der Waals surface area contributed by atoms with Crippen molar-refractivity contribution in [2.24, 2.45) is 0 Å². The van der Waals surface area contributed by atoms with E-state index in [4.69, 9.17) is 0 Å². The molecule has 0 unspecified atom stereocenters. The average Bonchev–Trinajstić information content (AvgIpc) is 3.39. The summed E-state index contributed by atoms with van der Waals surface area (Å²) in [5, 5.41) is 1.31. The van der Waals surface area contributed by atoms with Crippen LogP contribution in [-0.4, -0.2) is 101 Å². The van der Waals surface area contributed by atoms with Gasteiger partial charge in [0.25, 0.3) is 16.7 Å². The molecular weight excluding hydrogens is 919 g/mol. The van der Waals surface area contributed by atoms with Gasteiger partial charge >= 0.3 is 18.1 Å². The van der Waals surface area contributed by atoms with Gasteiger partial charge in [0, 0.05) is 56.0 Å². The lowest BCUT2D eigenvalue weighted by Crippen LogP contribution is -2.48. The number of carbonyl (C=O) groups is 3. The van der Waals surface area contributed by atoms with E-state index in [1.54, 1.807) is 78.5 Å². The van der Waals surface area contributed by atoms with Gasteiger partial charge in [-0.05, 0) is 77.9 Å². The second kappa shape index (κ2) is 23.8. The van der Waals surface area contributed by atoms with Gasteiger partial charge in [-0.1, -0.05) is 135 Å². The van der Waals surface area contributed by atoms with Crippen molar-refractivity contribution in [1.82, 2.24) is 43.4 Å². The van der Waals surface area contributed by atoms with Crippen molar-refractivity contribution < 1.29 is 14.4 Å². The number of hydrogen-bond donors (Lipinski definition) is 0. The molecule has 0 aliphatic heterocycles. The second-order valence-electron chi connectivity index (χ2n) is 17.4. The molecule has 9 aromatic rings. The van der Waals surface area contributed by atoms with Gasteiger partial charge in [-0.15, -0.1) is 0 Å². The highest BCUT2D eigenvalue weighted by atomic mass is 16.2. The summed E-state index contributed by atoms with van der Waals surface area (Å²) in [6.07, 6.45) is 0. The maximum Gasteiger partial charge on any atom is 0.333 e. The quantitative estimate of drug-likeness (QED) is 0.151. The van der Waals surface area contributed by atoms with Crippen LogP contribution in [0.1, 0.15) is 49.0 Å². The zero-order valence-corrected chi connectivity index (χ0v) is 41.6. The van der Waals surface area contributed by atoms with E-state index in [0.717, 1.165) is 21.3 Å². The maximum atomic E-state index is 13.3. The molecule has 0 saturated carbocycles. The van der Waals surface area contributed by atoms with Crippen molar-refractivity contribution in [3.63, 3.8) is 0 Å². The molecule has 3 amide bonds. The summed E-state index contributed by atoms with van der Waals surface area (Å²) in [5.74, 6) is 1.09. The van der Waals surface area contributed by atoms with Gasteiger partial charge in [0.2, 0.25) is 0 Å². The Kier molecular flexibility index (Phi) is 17.5. The molecule has 15 nitrogen and oxygen atoms in total. The Labute approximate surface area is 424 Å². The minimum absolute atomic E-state index is 0. The molecule has 0 bridgehead atoms. The Morgan fingerprint density at radius 2 is 0.699 bits per heavy atom. The van der Waals surface area contributed by atoms with Crippen molar-refractivity contribution in [3.05, 3.63) is 195 Å².